The number of carbonyl (C=O) groups is 1. The van der Waals surface area contributed by atoms with Crippen molar-refractivity contribution in [2.45, 2.75) is 19.4 Å². The van der Waals surface area contributed by atoms with E-state index in [-0.39, 0.29) is 29.9 Å². The first-order valence-electron chi connectivity index (χ1n) is 7.44. The number of hydrogen-bond acceptors (Lipinski definition) is 2. The number of nitrogens with one attached hydrogen (secondary N) is 1. The second kappa shape index (κ2) is 9.66. The van der Waals surface area contributed by atoms with Crippen molar-refractivity contribution in [2.75, 3.05) is 33.7 Å². The van der Waals surface area contributed by atoms with Crippen molar-refractivity contribution >= 4 is 35.8 Å². The SMILES string of the molecule is CN(C)C(=NCc1ccccc1)NCC(=O)N1CCCC1.I. The summed E-state index contributed by atoms with van der Waals surface area (Å²) in [6, 6.07) is 10.1. The molecule has 1 saturated heterocycles. The van der Waals surface area contributed by atoms with Gasteiger partial charge in [-0.3, -0.25) is 4.79 Å². The number of likely N-dealkylation sites (tertiary alicyclic amines) is 1. The van der Waals surface area contributed by atoms with E-state index in [1.54, 1.807) is 0 Å². The van der Waals surface area contributed by atoms with Crippen molar-refractivity contribution in [3.63, 3.8) is 0 Å². The average molecular weight is 416 g/mol. The molecule has 0 unspecified atom stereocenters. The maximum Gasteiger partial charge on any atom is 0.241 e. The number of guanidine groups is 1. The number of amides is 1. The van der Waals surface area contributed by atoms with Crippen LogP contribution in [0.2, 0.25) is 0 Å². The van der Waals surface area contributed by atoms with Crippen molar-refractivity contribution in [1.29, 1.82) is 0 Å². The van der Waals surface area contributed by atoms with Crippen LogP contribution in [0.3, 0.4) is 0 Å². The first kappa shape index (κ1) is 18.7. The molecule has 1 amide bonds. The van der Waals surface area contributed by atoms with Crippen molar-refractivity contribution < 1.29 is 4.79 Å². The van der Waals surface area contributed by atoms with Crippen LogP contribution >= 0.6 is 24.0 Å². The number of hydrogen-bond donors (Lipinski definition) is 1. The summed E-state index contributed by atoms with van der Waals surface area (Å²) in [4.78, 5) is 20.4. The molecule has 0 bridgehead atoms. The fourth-order valence-electron chi connectivity index (χ4n) is 2.34. The Morgan fingerprint density at radius 2 is 1.86 bits per heavy atom. The molecule has 0 radical (unpaired) electrons. The predicted molar refractivity (Wildman–Crippen MR) is 100 cm³/mol. The Hall–Kier alpha value is -1.31. The van der Waals surface area contributed by atoms with Gasteiger partial charge in [0.2, 0.25) is 5.91 Å². The molecule has 122 valence electrons. The molecule has 1 N–H and O–H groups in total. The Kier molecular flexibility index (Phi) is 8.22. The van der Waals surface area contributed by atoms with Gasteiger partial charge in [0, 0.05) is 27.2 Å². The van der Waals surface area contributed by atoms with Gasteiger partial charge in [-0.05, 0) is 18.4 Å². The molecular weight excluding hydrogens is 391 g/mol. The van der Waals surface area contributed by atoms with Crippen LogP contribution in [0.5, 0.6) is 0 Å². The summed E-state index contributed by atoms with van der Waals surface area (Å²) in [6.45, 7) is 2.70. The molecule has 5 nitrogen and oxygen atoms in total. The Morgan fingerprint density at radius 3 is 2.45 bits per heavy atom. The highest BCUT2D eigenvalue weighted by Gasteiger charge is 2.17. The van der Waals surface area contributed by atoms with E-state index in [9.17, 15) is 4.79 Å². The van der Waals surface area contributed by atoms with Crippen LogP contribution in [0.25, 0.3) is 0 Å². The highest BCUT2D eigenvalue weighted by molar-refractivity contribution is 14.0. The second-order valence-corrected chi connectivity index (χ2v) is 5.46. The molecule has 1 aromatic carbocycles. The normalized spacial score (nSPS) is 14.5. The number of rotatable bonds is 4. The van der Waals surface area contributed by atoms with Gasteiger partial charge >= 0.3 is 0 Å². The first-order valence-corrected chi connectivity index (χ1v) is 7.44. The molecule has 2 rings (SSSR count). The Morgan fingerprint density at radius 1 is 1.23 bits per heavy atom. The minimum absolute atomic E-state index is 0. The van der Waals surface area contributed by atoms with Crippen molar-refractivity contribution in [2.24, 2.45) is 4.99 Å². The molecule has 0 saturated carbocycles. The van der Waals surface area contributed by atoms with Crippen LogP contribution in [0.4, 0.5) is 0 Å². The van der Waals surface area contributed by atoms with Gasteiger partial charge in [0.05, 0.1) is 13.1 Å². The largest absolute Gasteiger partial charge is 0.349 e. The molecule has 1 fully saturated rings. The van der Waals surface area contributed by atoms with Crippen LogP contribution in [-0.4, -0.2) is 55.4 Å². The zero-order valence-electron chi connectivity index (χ0n) is 13.3. The summed E-state index contributed by atoms with van der Waals surface area (Å²) in [5, 5.41) is 3.15. The number of nitrogens with zero attached hydrogens (tertiary/aromatic N) is 3. The van der Waals surface area contributed by atoms with Crippen LogP contribution in [-0.2, 0) is 11.3 Å². The predicted octanol–water partition coefficient (Wildman–Crippen LogP) is 1.93. The quantitative estimate of drug-likeness (QED) is 0.464. The number of aliphatic imine (C=N–C) groups is 1. The maximum atomic E-state index is 12.0. The minimum atomic E-state index is 0. The monoisotopic (exact) mass is 416 g/mol. The lowest BCUT2D eigenvalue weighted by Crippen LogP contribution is -2.43. The third kappa shape index (κ3) is 5.82. The summed E-state index contributed by atoms with van der Waals surface area (Å²) in [5.74, 6) is 0.896. The van der Waals surface area contributed by atoms with E-state index in [0.29, 0.717) is 13.1 Å². The maximum absolute atomic E-state index is 12.0. The molecule has 0 aliphatic carbocycles. The highest BCUT2D eigenvalue weighted by atomic mass is 127. The van der Waals surface area contributed by atoms with Crippen LogP contribution < -0.4 is 5.32 Å². The van der Waals surface area contributed by atoms with Gasteiger partial charge in [0.25, 0.3) is 0 Å². The van der Waals surface area contributed by atoms with Gasteiger partial charge in [-0.1, -0.05) is 30.3 Å². The summed E-state index contributed by atoms with van der Waals surface area (Å²) in [5.41, 5.74) is 1.16. The topological polar surface area (TPSA) is 47.9 Å². The van der Waals surface area contributed by atoms with E-state index in [1.165, 1.54) is 0 Å². The van der Waals surface area contributed by atoms with Crippen molar-refractivity contribution in [1.82, 2.24) is 15.1 Å². The third-order valence-electron chi connectivity index (χ3n) is 3.53. The van der Waals surface area contributed by atoms with E-state index >= 15 is 0 Å². The van der Waals surface area contributed by atoms with Gasteiger partial charge in [-0.2, -0.15) is 0 Å². The van der Waals surface area contributed by atoms with E-state index < -0.39 is 0 Å². The third-order valence-corrected chi connectivity index (χ3v) is 3.53. The standard InChI is InChI=1S/C16H24N4O.HI/c1-19(2)16(17-12-14-8-4-3-5-9-14)18-13-15(21)20-10-6-7-11-20;/h3-5,8-9H,6-7,10-13H2,1-2H3,(H,17,18);1H. The zero-order valence-corrected chi connectivity index (χ0v) is 15.6. The average Bonchev–Trinajstić information content (AvgIpc) is 3.02. The molecule has 0 atom stereocenters. The summed E-state index contributed by atoms with van der Waals surface area (Å²) in [7, 11) is 3.86. The smallest absolute Gasteiger partial charge is 0.241 e. The second-order valence-electron chi connectivity index (χ2n) is 5.46. The van der Waals surface area contributed by atoms with Crippen LogP contribution in [0.15, 0.2) is 35.3 Å². The molecule has 22 heavy (non-hydrogen) atoms. The van der Waals surface area contributed by atoms with Gasteiger partial charge < -0.3 is 15.1 Å². The Labute approximate surface area is 149 Å². The van der Waals surface area contributed by atoms with E-state index in [0.717, 1.165) is 37.5 Å². The molecule has 0 aromatic heterocycles. The highest BCUT2D eigenvalue weighted by Crippen LogP contribution is 2.06. The molecule has 1 aromatic rings. The van der Waals surface area contributed by atoms with E-state index in [4.69, 9.17) is 0 Å². The van der Waals surface area contributed by atoms with Gasteiger partial charge in [-0.15, -0.1) is 24.0 Å². The molecule has 0 spiro atoms. The van der Waals surface area contributed by atoms with E-state index in [1.807, 2.05) is 54.2 Å². The van der Waals surface area contributed by atoms with Gasteiger partial charge in [-0.25, -0.2) is 4.99 Å². The van der Waals surface area contributed by atoms with Gasteiger partial charge in [0.1, 0.15) is 0 Å². The molecule has 1 aliphatic heterocycles. The Balaban J connectivity index is 0.00000242. The fourth-order valence-corrected chi connectivity index (χ4v) is 2.34. The molecule has 1 aliphatic rings. The number of halogens is 1. The fraction of sp³-hybridized carbons (Fsp3) is 0.500. The summed E-state index contributed by atoms with van der Waals surface area (Å²) < 4.78 is 0. The summed E-state index contributed by atoms with van der Waals surface area (Å²) >= 11 is 0. The minimum Gasteiger partial charge on any atom is -0.349 e. The molecule has 1 heterocycles. The zero-order chi connectivity index (χ0) is 15.1. The van der Waals surface area contributed by atoms with Crippen molar-refractivity contribution in [3.05, 3.63) is 35.9 Å². The lowest BCUT2D eigenvalue weighted by Gasteiger charge is -2.20. The number of benzene rings is 1. The van der Waals surface area contributed by atoms with Crippen LogP contribution in [0.1, 0.15) is 18.4 Å². The lowest BCUT2D eigenvalue weighted by molar-refractivity contribution is -0.128. The first-order chi connectivity index (χ1) is 10.2. The molecular formula is C16H25IN4O. The van der Waals surface area contributed by atoms with Crippen LogP contribution in [0, 0.1) is 0 Å². The lowest BCUT2D eigenvalue weighted by atomic mass is 10.2. The van der Waals surface area contributed by atoms with Crippen molar-refractivity contribution in [3.8, 4) is 0 Å². The van der Waals surface area contributed by atoms with Gasteiger partial charge in [0.15, 0.2) is 5.96 Å². The summed E-state index contributed by atoms with van der Waals surface area (Å²) in [6.07, 6.45) is 2.24. The number of carbonyl (C=O) groups excluding carboxylic acids is 1. The Bertz CT molecular complexity index is 484. The van der Waals surface area contributed by atoms with E-state index in [2.05, 4.69) is 10.3 Å². The molecule has 6 heteroatoms.